The monoisotopic (exact) mass is 665 g/mol. The van der Waals surface area contributed by atoms with E-state index >= 15 is 0 Å². The van der Waals surface area contributed by atoms with E-state index in [0.717, 1.165) is 10.9 Å². The van der Waals surface area contributed by atoms with Crippen molar-refractivity contribution in [2.24, 2.45) is 0 Å². The third-order valence-corrected chi connectivity index (χ3v) is 8.24. The number of hydrogen-bond donors (Lipinski definition) is 3. The lowest BCUT2D eigenvalue weighted by Gasteiger charge is -2.35. The minimum absolute atomic E-state index is 0.119. The van der Waals surface area contributed by atoms with Gasteiger partial charge in [-0.1, -0.05) is 0 Å². The summed E-state index contributed by atoms with van der Waals surface area (Å²) in [7, 11) is 0. The Bertz CT molecular complexity index is 1890. The average molecular weight is 666 g/mol. The Morgan fingerprint density at radius 3 is 2.65 bits per heavy atom. The second kappa shape index (κ2) is 13.2. The molecule has 0 saturated carbocycles. The predicted molar refractivity (Wildman–Crippen MR) is 163 cm³/mol. The molecule has 2 fully saturated rings. The van der Waals surface area contributed by atoms with E-state index in [2.05, 4.69) is 31.0 Å². The lowest BCUT2D eigenvalue weighted by atomic mass is 10.1. The summed E-state index contributed by atoms with van der Waals surface area (Å²) in [5.41, 5.74) is 0.742. The number of aryl methyl sites for hydroxylation is 1. The molecule has 15 nitrogen and oxygen atoms in total. The Kier molecular flexibility index (Phi) is 8.86. The number of ether oxygens (including phenoxy) is 1. The van der Waals surface area contributed by atoms with E-state index in [9.17, 15) is 27.6 Å². The van der Waals surface area contributed by atoms with Gasteiger partial charge in [-0.2, -0.15) is 23.5 Å². The van der Waals surface area contributed by atoms with Crippen LogP contribution in [-0.2, 0) is 22.3 Å². The first-order valence-corrected chi connectivity index (χ1v) is 14.9. The number of aromatic nitrogens is 5. The minimum atomic E-state index is -4.75. The normalized spacial score (nSPS) is 18.1. The van der Waals surface area contributed by atoms with Gasteiger partial charge in [-0.25, -0.2) is 14.8 Å². The van der Waals surface area contributed by atoms with Crippen molar-refractivity contribution in [3.63, 3.8) is 0 Å². The molecular weight excluding hydrogens is 635 g/mol. The fraction of sp³-hybridized carbons (Fsp3) is 0.367. The number of hydrogen-bond acceptors (Lipinski definition) is 10. The highest BCUT2D eigenvalue weighted by atomic mass is 19.4. The third kappa shape index (κ3) is 6.44. The summed E-state index contributed by atoms with van der Waals surface area (Å²) in [6.45, 7) is 4.09. The fourth-order valence-electron chi connectivity index (χ4n) is 5.84. The molecule has 0 unspecified atom stereocenters. The number of halogens is 3. The van der Waals surface area contributed by atoms with Gasteiger partial charge in [-0.05, 0) is 30.7 Å². The van der Waals surface area contributed by atoms with Crippen LogP contribution < -0.4 is 16.0 Å². The number of anilines is 2. The van der Waals surface area contributed by atoms with Gasteiger partial charge in [-0.15, -0.1) is 0 Å². The van der Waals surface area contributed by atoms with E-state index in [0.29, 0.717) is 62.6 Å². The van der Waals surface area contributed by atoms with Gasteiger partial charge in [0.25, 0.3) is 12.4 Å². The zero-order chi connectivity index (χ0) is 34.0. The number of urea groups is 1. The molecule has 0 spiro atoms. The Morgan fingerprint density at radius 2 is 1.94 bits per heavy atom. The van der Waals surface area contributed by atoms with Crippen molar-refractivity contribution in [2.45, 2.75) is 31.8 Å². The first kappa shape index (κ1) is 32.2. The van der Waals surface area contributed by atoms with Crippen molar-refractivity contribution < 1.29 is 32.3 Å². The summed E-state index contributed by atoms with van der Waals surface area (Å²) < 4.78 is 48.8. The zero-order valence-corrected chi connectivity index (χ0v) is 25.6. The lowest BCUT2D eigenvalue weighted by Crippen LogP contribution is -2.56. The highest BCUT2D eigenvalue weighted by Gasteiger charge is 2.38. The molecule has 3 aromatic heterocycles. The number of nitrogens with one attached hydrogen (secondary N) is 3. The van der Waals surface area contributed by atoms with Crippen LogP contribution in [0.5, 0.6) is 0 Å². The molecule has 0 aliphatic carbocycles. The van der Waals surface area contributed by atoms with Gasteiger partial charge in [0, 0.05) is 69.1 Å². The molecule has 1 aromatic carbocycles. The number of amides is 3. The van der Waals surface area contributed by atoms with Crippen LogP contribution in [0.2, 0.25) is 0 Å². The van der Waals surface area contributed by atoms with E-state index in [1.54, 1.807) is 41.0 Å². The highest BCUT2D eigenvalue weighted by molar-refractivity contribution is 5.96. The van der Waals surface area contributed by atoms with Crippen LogP contribution in [0.3, 0.4) is 0 Å². The van der Waals surface area contributed by atoms with Gasteiger partial charge in [0.05, 0.1) is 29.6 Å². The van der Waals surface area contributed by atoms with E-state index < -0.39 is 18.0 Å². The largest absolute Gasteiger partial charge is 0.461 e. The molecule has 2 atom stereocenters. The SMILES string of the molecule is Cc1cc(Nc2nccn3c(-c4cn(CC#N)nc4C(F)(F)F)cnc23)ccc1C(=O)N1CCN(C(=O)N[C@H]2CNC[C@@H]2OC=O)CC1. The maximum Gasteiger partial charge on any atom is 0.435 e. The molecule has 0 bridgehead atoms. The first-order valence-electron chi connectivity index (χ1n) is 14.9. The molecule has 48 heavy (non-hydrogen) atoms. The molecule has 6 rings (SSSR count). The Labute approximate surface area is 271 Å². The number of imidazole rings is 1. The van der Waals surface area contributed by atoms with Gasteiger partial charge in [0.15, 0.2) is 17.2 Å². The second-order valence-electron chi connectivity index (χ2n) is 11.3. The van der Waals surface area contributed by atoms with Crippen LogP contribution in [0.4, 0.5) is 29.5 Å². The van der Waals surface area contributed by atoms with Crippen molar-refractivity contribution in [3.05, 3.63) is 59.8 Å². The quantitative estimate of drug-likeness (QED) is 0.237. The van der Waals surface area contributed by atoms with Crippen LogP contribution >= 0.6 is 0 Å². The Hall–Kier alpha value is -5.70. The summed E-state index contributed by atoms with van der Waals surface area (Å²) in [4.78, 5) is 48.9. The maximum absolute atomic E-state index is 13.8. The Balaban J connectivity index is 1.12. The molecule has 3 N–H and O–H groups in total. The maximum atomic E-state index is 13.8. The minimum Gasteiger partial charge on any atom is -0.461 e. The van der Waals surface area contributed by atoms with Crippen LogP contribution in [-0.4, -0.2) is 104 Å². The number of carbonyl (C=O) groups excluding carboxylic acids is 3. The van der Waals surface area contributed by atoms with Gasteiger partial charge >= 0.3 is 12.2 Å². The van der Waals surface area contributed by atoms with E-state index in [1.165, 1.54) is 23.0 Å². The topological polar surface area (TPSA) is 175 Å². The summed E-state index contributed by atoms with van der Waals surface area (Å²) in [6.07, 6.45) is 0.150. The van der Waals surface area contributed by atoms with Crippen LogP contribution in [0.25, 0.3) is 16.9 Å². The fourth-order valence-corrected chi connectivity index (χ4v) is 5.84. The number of alkyl halides is 3. The number of piperazine rings is 1. The number of fused-ring (bicyclic) bond motifs is 1. The first-order chi connectivity index (χ1) is 23.1. The van der Waals surface area contributed by atoms with Gasteiger partial charge in [0.1, 0.15) is 12.6 Å². The molecule has 2 aliphatic rings. The number of benzene rings is 1. The standard InChI is InChI=1S/C30H30F3N11O4/c1-18-12-19(2-3-20(18)28(46)41-8-10-42(11-9-41)29(47)39-22-13-35-15-24(22)48-17-45)38-26-27-37-14-23(44(27)7-5-36-26)21-16-43(6-4-34)40-25(21)30(31,32)33/h2-3,5,7,12,14,16-17,22,24,35H,6,8-11,13,15H2,1H3,(H,36,38)(H,39,47)/t22-,24-/m0/s1. The molecule has 3 amide bonds. The van der Waals surface area contributed by atoms with Crippen LogP contribution in [0, 0.1) is 18.3 Å². The van der Waals surface area contributed by atoms with E-state index in [-0.39, 0.29) is 47.2 Å². The molecule has 2 aliphatic heterocycles. The van der Waals surface area contributed by atoms with Gasteiger partial charge in [-0.3, -0.25) is 18.7 Å². The number of carbonyl (C=O) groups is 3. The van der Waals surface area contributed by atoms with Crippen molar-refractivity contribution in [1.29, 1.82) is 5.26 Å². The highest BCUT2D eigenvalue weighted by Crippen LogP contribution is 2.37. The molecule has 5 heterocycles. The average Bonchev–Trinajstić information content (AvgIpc) is 3.80. The zero-order valence-electron chi connectivity index (χ0n) is 25.6. The third-order valence-electron chi connectivity index (χ3n) is 8.24. The summed E-state index contributed by atoms with van der Waals surface area (Å²) >= 11 is 0. The summed E-state index contributed by atoms with van der Waals surface area (Å²) in [6, 6.07) is 6.29. The second-order valence-corrected chi connectivity index (χ2v) is 11.3. The number of nitriles is 1. The van der Waals surface area contributed by atoms with Crippen LogP contribution in [0.1, 0.15) is 21.6 Å². The van der Waals surface area contributed by atoms with Crippen molar-refractivity contribution in [3.8, 4) is 17.3 Å². The molecule has 0 radical (unpaired) electrons. The van der Waals surface area contributed by atoms with Crippen molar-refractivity contribution in [2.75, 3.05) is 44.6 Å². The summed E-state index contributed by atoms with van der Waals surface area (Å²) in [5, 5.41) is 21.6. The Morgan fingerprint density at radius 1 is 1.17 bits per heavy atom. The molecular formula is C30H30F3N11O4. The summed E-state index contributed by atoms with van der Waals surface area (Å²) in [5.74, 6) is 0.0844. The van der Waals surface area contributed by atoms with Crippen molar-refractivity contribution in [1.82, 2.24) is 44.6 Å². The lowest BCUT2D eigenvalue weighted by molar-refractivity contribution is -0.141. The predicted octanol–water partition coefficient (Wildman–Crippen LogP) is 2.17. The van der Waals surface area contributed by atoms with Crippen LogP contribution in [0.15, 0.2) is 43.0 Å². The molecule has 4 aromatic rings. The van der Waals surface area contributed by atoms with Gasteiger partial charge < -0.3 is 30.5 Å². The molecule has 250 valence electrons. The van der Waals surface area contributed by atoms with Crippen molar-refractivity contribution >= 4 is 35.6 Å². The van der Waals surface area contributed by atoms with E-state index in [1.807, 2.05) is 0 Å². The number of nitrogens with zero attached hydrogens (tertiary/aromatic N) is 8. The van der Waals surface area contributed by atoms with Gasteiger partial charge in [0.2, 0.25) is 0 Å². The molecule has 2 saturated heterocycles. The smallest absolute Gasteiger partial charge is 0.435 e. The van der Waals surface area contributed by atoms with E-state index in [4.69, 9.17) is 10.00 Å². The number of rotatable bonds is 8. The molecule has 18 heteroatoms.